The zero-order valence-corrected chi connectivity index (χ0v) is 14.9. The SMILES string of the molecule is COCCNC(=S)NC(=O)c1cc(Br)ccc1OCCOC. The van der Waals surface area contributed by atoms with Crippen molar-refractivity contribution in [2.24, 2.45) is 0 Å². The zero-order valence-electron chi connectivity index (χ0n) is 12.5. The number of methoxy groups -OCH3 is 2. The third kappa shape index (κ3) is 6.69. The van der Waals surface area contributed by atoms with Crippen LogP contribution in [0.25, 0.3) is 0 Å². The molecular formula is C14H19BrN2O4S. The van der Waals surface area contributed by atoms with Crippen molar-refractivity contribution >= 4 is 39.2 Å². The normalized spacial score (nSPS) is 10.1. The topological polar surface area (TPSA) is 68.8 Å². The number of hydrogen-bond donors (Lipinski definition) is 2. The van der Waals surface area contributed by atoms with Crippen LogP contribution in [0.2, 0.25) is 0 Å². The Balaban J connectivity index is 2.69. The van der Waals surface area contributed by atoms with E-state index in [0.717, 1.165) is 4.47 Å². The van der Waals surface area contributed by atoms with Crippen LogP contribution in [0.1, 0.15) is 10.4 Å². The van der Waals surface area contributed by atoms with Crippen LogP contribution in [-0.4, -0.2) is 51.6 Å². The van der Waals surface area contributed by atoms with Crippen molar-refractivity contribution in [3.63, 3.8) is 0 Å². The van der Waals surface area contributed by atoms with Crippen molar-refractivity contribution in [2.75, 3.05) is 40.6 Å². The molecule has 0 atom stereocenters. The number of rotatable bonds is 8. The van der Waals surface area contributed by atoms with E-state index in [1.807, 2.05) is 0 Å². The first-order valence-corrected chi connectivity index (χ1v) is 7.78. The third-order valence-electron chi connectivity index (χ3n) is 2.55. The molecule has 0 radical (unpaired) electrons. The Labute approximate surface area is 143 Å². The molecule has 6 nitrogen and oxygen atoms in total. The van der Waals surface area contributed by atoms with Gasteiger partial charge < -0.3 is 19.5 Å². The smallest absolute Gasteiger partial charge is 0.261 e. The molecule has 2 N–H and O–H groups in total. The van der Waals surface area contributed by atoms with Gasteiger partial charge in [-0.1, -0.05) is 15.9 Å². The number of carbonyl (C=O) groups excluding carboxylic acids is 1. The highest BCUT2D eigenvalue weighted by atomic mass is 79.9. The fraction of sp³-hybridized carbons (Fsp3) is 0.429. The van der Waals surface area contributed by atoms with Crippen LogP contribution >= 0.6 is 28.1 Å². The second kappa shape index (κ2) is 10.5. The van der Waals surface area contributed by atoms with E-state index in [4.69, 9.17) is 26.4 Å². The summed E-state index contributed by atoms with van der Waals surface area (Å²) in [5.74, 6) is 0.126. The average Bonchev–Trinajstić information content (AvgIpc) is 2.49. The second-order valence-corrected chi connectivity index (χ2v) is 5.51. The molecule has 1 aromatic carbocycles. The fourth-order valence-electron chi connectivity index (χ4n) is 1.52. The molecule has 1 aromatic rings. The standard InChI is InChI=1S/C14H19BrN2O4S/c1-19-6-5-16-14(22)17-13(18)11-9-10(15)3-4-12(11)21-8-7-20-2/h3-4,9H,5-8H2,1-2H3,(H2,16,17,18,22). The van der Waals surface area contributed by atoms with Gasteiger partial charge in [-0.25, -0.2) is 0 Å². The van der Waals surface area contributed by atoms with Crippen LogP contribution in [0.15, 0.2) is 22.7 Å². The maximum Gasteiger partial charge on any atom is 0.261 e. The fourth-order valence-corrected chi connectivity index (χ4v) is 2.08. The van der Waals surface area contributed by atoms with Crippen molar-refractivity contribution in [3.05, 3.63) is 28.2 Å². The monoisotopic (exact) mass is 390 g/mol. The number of thiocarbonyl (C=S) groups is 1. The number of ether oxygens (including phenoxy) is 3. The molecule has 0 aliphatic carbocycles. The quantitative estimate of drug-likeness (QED) is 0.520. The lowest BCUT2D eigenvalue weighted by atomic mass is 10.2. The number of hydrogen-bond acceptors (Lipinski definition) is 5. The van der Waals surface area contributed by atoms with E-state index < -0.39 is 0 Å². The first kappa shape index (κ1) is 18.8. The van der Waals surface area contributed by atoms with Crippen LogP contribution in [0.3, 0.4) is 0 Å². The highest BCUT2D eigenvalue weighted by molar-refractivity contribution is 9.10. The molecule has 122 valence electrons. The molecule has 1 rings (SSSR count). The Morgan fingerprint density at radius 2 is 1.95 bits per heavy atom. The van der Waals surface area contributed by atoms with Gasteiger partial charge in [-0.3, -0.25) is 10.1 Å². The van der Waals surface area contributed by atoms with Crippen LogP contribution in [0, 0.1) is 0 Å². The van der Waals surface area contributed by atoms with Crippen molar-refractivity contribution in [1.29, 1.82) is 0 Å². The summed E-state index contributed by atoms with van der Waals surface area (Å²) in [5, 5.41) is 5.72. The Bertz CT molecular complexity index is 514. The number of carbonyl (C=O) groups is 1. The van der Waals surface area contributed by atoms with E-state index in [0.29, 0.717) is 37.7 Å². The van der Waals surface area contributed by atoms with Crippen molar-refractivity contribution in [2.45, 2.75) is 0 Å². The van der Waals surface area contributed by atoms with Crippen LogP contribution < -0.4 is 15.4 Å². The lowest BCUT2D eigenvalue weighted by Crippen LogP contribution is -2.40. The van der Waals surface area contributed by atoms with Crippen LogP contribution in [0.5, 0.6) is 5.75 Å². The molecule has 0 bridgehead atoms. The number of nitrogens with one attached hydrogen (secondary N) is 2. The minimum absolute atomic E-state index is 0.241. The lowest BCUT2D eigenvalue weighted by molar-refractivity contribution is 0.0968. The Hall–Kier alpha value is -1.22. The summed E-state index contributed by atoms with van der Waals surface area (Å²) < 4.78 is 16.1. The van der Waals surface area contributed by atoms with Gasteiger partial charge in [-0.05, 0) is 30.4 Å². The first-order valence-electron chi connectivity index (χ1n) is 6.58. The molecule has 0 fully saturated rings. The summed E-state index contributed by atoms with van der Waals surface area (Å²) in [6.07, 6.45) is 0. The molecule has 0 saturated carbocycles. The van der Waals surface area contributed by atoms with Gasteiger partial charge in [0, 0.05) is 25.2 Å². The van der Waals surface area contributed by atoms with Crippen LogP contribution in [-0.2, 0) is 9.47 Å². The summed E-state index contributed by atoms with van der Waals surface area (Å²) in [6, 6.07) is 5.19. The summed E-state index contributed by atoms with van der Waals surface area (Å²) in [5.41, 5.74) is 0.390. The molecule has 22 heavy (non-hydrogen) atoms. The predicted octanol–water partition coefficient (Wildman–Crippen LogP) is 1.72. The minimum atomic E-state index is -0.344. The van der Waals surface area contributed by atoms with Crippen molar-refractivity contribution in [1.82, 2.24) is 10.6 Å². The molecule has 8 heteroatoms. The molecule has 0 aromatic heterocycles. The molecule has 0 saturated heterocycles. The molecule has 0 heterocycles. The zero-order chi connectivity index (χ0) is 16.4. The van der Waals surface area contributed by atoms with Gasteiger partial charge in [0.25, 0.3) is 5.91 Å². The van der Waals surface area contributed by atoms with Gasteiger partial charge in [0.1, 0.15) is 12.4 Å². The summed E-state index contributed by atoms with van der Waals surface area (Å²) in [4.78, 5) is 12.3. The van der Waals surface area contributed by atoms with E-state index in [2.05, 4.69) is 26.6 Å². The number of benzene rings is 1. The Morgan fingerprint density at radius 3 is 2.64 bits per heavy atom. The predicted molar refractivity (Wildman–Crippen MR) is 91.5 cm³/mol. The van der Waals surface area contributed by atoms with Crippen molar-refractivity contribution in [3.8, 4) is 5.75 Å². The average molecular weight is 391 g/mol. The molecule has 0 spiro atoms. The third-order valence-corrected chi connectivity index (χ3v) is 3.29. The molecule has 0 aliphatic heterocycles. The summed E-state index contributed by atoms with van der Waals surface area (Å²) in [7, 11) is 3.18. The van der Waals surface area contributed by atoms with Gasteiger partial charge in [-0.2, -0.15) is 0 Å². The van der Waals surface area contributed by atoms with Gasteiger partial charge in [0.05, 0.1) is 18.8 Å². The highest BCUT2D eigenvalue weighted by Crippen LogP contribution is 2.23. The molecule has 1 amide bonds. The second-order valence-electron chi connectivity index (χ2n) is 4.18. The van der Waals surface area contributed by atoms with Crippen molar-refractivity contribution < 1.29 is 19.0 Å². The lowest BCUT2D eigenvalue weighted by Gasteiger charge is -2.13. The first-order chi connectivity index (χ1) is 10.6. The van der Waals surface area contributed by atoms with Gasteiger partial charge >= 0.3 is 0 Å². The molecule has 0 unspecified atom stereocenters. The molecule has 0 aliphatic rings. The Kier molecular flexibility index (Phi) is 8.98. The highest BCUT2D eigenvalue weighted by Gasteiger charge is 2.14. The van der Waals surface area contributed by atoms with E-state index in [9.17, 15) is 4.79 Å². The maximum atomic E-state index is 12.3. The molecular weight excluding hydrogens is 372 g/mol. The minimum Gasteiger partial charge on any atom is -0.490 e. The van der Waals surface area contributed by atoms with E-state index in [1.165, 1.54) is 0 Å². The largest absolute Gasteiger partial charge is 0.490 e. The summed E-state index contributed by atoms with van der Waals surface area (Å²) in [6.45, 7) is 1.81. The maximum absolute atomic E-state index is 12.3. The van der Waals surface area contributed by atoms with Gasteiger partial charge in [0.15, 0.2) is 5.11 Å². The van der Waals surface area contributed by atoms with Gasteiger partial charge in [-0.15, -0.1) is 0 Å². The Morgan fingerprint density at radius 1 is 1.23 bits per heavy atom. The summed E-state index contributed by atoms with van der Waals surface area (Å²) >= 11 is 8.39. The van der Waals surface area contributed by atoms with E-state index >= 15 is 0 Å². The van der Waals surface area contributed by atoms with Gasteiger partial charge in [0.2, 0.25) is 0 Å². The number of amides is 1. The van der Waals surface area contributed by atoms with E-state index in [-0.39, 0.29) is 11.0 Å². The number of halogens is 1. The van der Waals surface area contributed by atoms with Crippen LogP contribution in [0.4, 0.5) is 0 Å². The van der Waals surface area contributed by atoms with E-state index in [1.54, 1.807) is 32.4 Å².